The maximum atomic E-state index is 12.7. The van der Waals surface area contributed by atoms with Gasteiger partial charge in [0.1, 0.15) is 12.6 Å². The first-order valence-electron chi connectivity index (χ1n) is 8.88. The molecule has 0 saturated heterocycles. The third kappa shape index (κ3) is 4.27. The summed E-state index contributed by atoms with van der Waals surface area (Å²) >= 11 is 0. The topological polar surface area (TPSA) is 111 Å². The predicted molar refractivity (Wildman–Crippen MR) is 105 cm³/mol. The molecule has 2 aromatic carbocycles. The Morgan fingerprint density at radius 3 is 2.21 bits per heavy atom. The molecule has 0 aliphatic rings. The van der Waals surface area contributed by atoms with Crippen molar-refractivity contribution in [3.63, 3.8) is 0 Å². The molecular weight excluding hydrogens is 376 g/mol. The lowest BCUT2D eigenvalue weighted by molar-refractivity contribution is -0.141. The van der Waals surface area contributed by atoms with Gasteiger partial charge in [-0.25, -0.2) is 4.79 Å². The highest BCUT2D eigenvalue weighted by atomic mass is 16.5. The summed E-state index contributed by atoms with van der Waals surface area (Å²) in [6.45, 7) is -1.05. The number of aliphatic hydroxyl groups is 1. The zero-order valence-corrected chi connectivity index (χ0v) is 15.7. The van der Waals surface area contributed by atoms with E-state index >= 15 is 0 Å². The molecule has 1 aromatic heterocycles. The fourth-order valence-electron chi connectivity index (χ4n) is 2.95. The van der Waals surface area contributed by atoms with E-state index in [0.29, 0.717) is 16.8 Å². The quantitative estimate of drug-likeness (QED) is 0.587. The number of nitrogens with zero attached hydrogens (tertiary/aromatic N) is 1. The zero-order chi connectivity index (χ0) is 20.8. The molecule has 8 nitrogen and oxygen atoms in total. The van der Waals surface area contributed by atoms with Crippen LogP contribution in [0.25, 0.3) is 22.6 Å². The van der Waals surface area contributed by atoms with E-state index in [4.69, 9.17) is 4.42 Å². The third-order valence-electron chi connectivity index (χ3n) is 4.35. The summed E-state index contributed by atoms with van der Waals surface area (Å²) in [7, 11) is 1.19. The first kappa shape index (κ1) is 20.1. The van der Waals surface area contributed by atoms with Crippen molar-refractivity contribution in [1.29, 1.82) is 0 Å². The molecule has 2 N–H and O–H groups in total. The Morgan fingerprint density at radius 2 is 1.66 bits per heavy atom. The van der Waals surface area contributed by atoms with Crippen LogP contribution in [0.5, 0.6) is 0 Å². The lowest BCUT2D eigenvalue weighted by atomic mass is 10.0. The maximum absolute atomic E-state index is 12.7. The van der Waals surface area contributed by atoms with Crippen molar-refractivity contribution in [2.45, 2.75) is 6.04 Å². The van der Waals surface area contributed by atoms with Crippen LogP contribution in [-0.2, 0) is 14.3 Å². The van der Waals surface area contributed by atoms with Gasteiger partial charge in [0.2, 0.25) is 5.91 Å². The molecule has 0 aliphatic heterocycles. The molecule has 8 heteroatoms. The van der Waals surface area contributed by atoms with Crippen LogP contribution in [0.15, 0.2) is 69.9 Å². The number of methoxy groups -OCH3 is 1. The van der Waals surface area contributed by atoms with Crippen molar-refractivity contribution in [3.05, 3.63) is 71.2 Å². The van der Waals surface area contributed by atoms with Crippen LogP contribution >= 0.6 is 0 Å². The van der Waals surface area contributed by atoms with Crippen LogP contribution < -0.4 is 11.1 Å². The van der Waals surface area contributed by atoms with Crippen LogP contribution in [0, 0.1) is 0 Å². The maximum Gasteiger partial charge on any atom is 0.420 e. The minimum absolute atomic E-state index is 0.279. The summed E-state index contributed by atoms with van der Waals surface area (Å²) < 4.78 is 11.1. The Balaban J connectivity index is 2.13. The van der Waals surface area contributed by atoms with Gasteiger partial charge in [0.05, 0.1) is 19.4 Å². The second-order valence-corrected chi connectivity index (χ2v) is 6.14. The van der Waals surface area contributed by atoms with Gasteiger partial charge in [-0.3, -0.25) is 14.2 Å². The summed E-state index contributed by atoms with van der Waals surface area (Å²) in [5.74, 6) is -1.88. The van der Waals surface area contributed by atoms with Crippen molar-refractivity contribution < 1.29 is 23.8 Å². The van der Waals surface area contributed by atoms with Crippen LogP contribution in [0.3, 0.4) is 0 Å². The zero-order valence-electron chi connectivity index (χ0n) is 15.7. The Bertz CT molecular complexity index is 1040. The molecule has 29 heavy (non-hydrogen) atoms. The first-order valence-corrected chi connectivity index (χ1v) is 8.88. The van der Waals surface area contributed by atoms with Gasteiger partial charge < -0.3 is 19.6 Å². The number of amides is 1. The molecule has 0 radical (unpaired) electrons. The molecule has 1 atom stereocenters. The first-order chi connectivity index (χ1) is 14.1. The van der Waals surface area contributed by atoms with E-state index in [1.807, 2.05) is 12.1 Å². The van der Waals surface area contributed by atoms with E-state index in [9.17, 15) is 19.5 Å². The number of nitrogens with one attached hydrogen (secondary N) is 1. The Kier molecular flexibility index (Phi) is 6.25. The number of ether oxygens (including phenoxy) is 1. The molecule has 0 aliphatic carbocycles. The summed E-state index contributed by atoms with van der Waals surface area (Å²) in [5, 5.41) is 12.2. The van der Waals surface area contributed by atoms with E-state index in [2.05, 4.69) is 10.1 Å². The number of aliphatic hydroxyl groups excluding tert-OH is 1. The number of aromatic nitrogens is 1. The van der Waals surface area contributed by atoms with E-state index in [1.165, 1.54) is 7.11 Å². The molecule has 0 fully saturated rings. The smallest absolute Gasteiger partial charge is 0.420 e. The third-order valence-corrected chi connectivity index (χ3v) is 4.35. The number of hydrogen-bond donors (Lipinski definition) is 2. The second kappa shape index (κ2) is 9.03. The lowest BCUT2D eigenvalue weighted by Gasteiger charge is -2.17. The highest BCUT2D eigenvalue weighted by molar-refractivity contribution is 5.86. The van der Waals surface area contributed by atoms with E-state index in [-0.39, 0.29) is 12.3 Å². The number of hydrogen-bond acceptors (Lipinski definition) is 6. The largest absolute Gasteiger partial charge is 0.468 e. The van der Waals surface area contributed by atoms with Gasteiger partial charge in [0.15, 0.2) is 5.76 Å². The highest BCUT2D eigenvalue weighted by Crippen LogP contribution is 2.33. The van der Waals surface area contributed by atoms with Gasteiger partial charge in [0, 0.05) is 11.1 Å². The number of carbonyl (C=O) groups excluding carboxylic acids is 2. The van der Waals surface area contributed by atoms with Crippen LogP contribution in [0.1, 0.15) is 6.04 Å². The molecule has 1 amide bonds. The van der Waals surface area contributed by atoms with Gasteiger partial charge in [-0.1, -0.05) is 60.7 Å². The fraction of sp³-hybridized carbons (Fsp3) is 0.190. The lowest BCUT2D eigenvalue weighted by Crippen LogP contribution is -2.40. The molecule has 1 heterocycles. The van der Waals surface area contributed by atoms with Gasteiger partial charge in [-0.05, 0) is 0 Å². The molecule has 0 unspecified atom stereocenters. The van der Waals surface area contributed by atoms with Gasteiger partial charge in [-0.15, -0.1) is 0 Å². The van der Waals surface area contributed by atoms with Crippen LogP contribution in [0.2, 0.25) is 0 Å². The summed E-state index contributed by atoms with van der Waals surface area (Å²) in [4.78, 5) is 36.6. The number of oxazole rings is 1. The monoisotopic (exact) mass is 396 g/mol. The van der Waals surface area contributed by atoms with Crippen molar-refractivity contribution in [2.24, 2.45) is 0 Å². The van der Waals surface area contributed by atoms with Gasteiger partial charge >= 0.3 is 11.7 Å². The molecule has 150 valence electrons. The van der Waals surface area contributed by atoms with Crippen molar-refractivity contribution >= 4 is 11.9 Å². The van der Waals surface area contributed by atoms with Crippen molar-refractivity contribution in [3.8, 4) is 22.6 Å². The molecule has 3 rings (SSSR count). The van der Waals surface area contributed by atoms with Crippen molar-refractivity contribution in [2.75, 3.05) is 20.3 Å². The van der Waals surface area contributed by atoms with Crippen LogP contribution in [0.4, 0.5) is 0 Å². The average molecular weight is 396 g/mol. The standard InChI is InChI=1S/C21H20N2O6/c1-28-17(25)12-22-20(26)16(13-24)23-18(14-8-4-2-5-9-14)19(29-21(23)27)15-10-6-3-7-11-15/h2-11,16,24H,12-13H2,1H3,(H,22,26)/t16-/m1/s1. The molecule has 3 aromatic rings. The second-order valence-electron chi connectivity index (χ2n) is 6.14. The van der Waals surface area contributed by atoms with Crippen LogP contribution in [-0.4, -0.2) is 41.8 Å². The summed E-state index contributed by atoms with van der Waals surface area (Å²) in [5.41, 5.74) is 1.64. The van der Waals surface area contributed by atoms with E-state index < -0.39 is 30.3 Å². The van der Waals surface area contributed by atoms with E-state index in [0.717, 1.165) is 4.57 Å². The Labute approximate surface area is 166 Å². The number of carbonyl (C=O) groups is 2. The van der Waals surface area contributed by atoms with Crippen molar-refractivity contribution in [1.82, 2.24) is 9.88 Å². The average Bonchev–Trinajstić information content (AvgIpc) is 3.10. The van der Waals surface area contributed by atoms with E-state index in [1.54, 1.807) is 48.5 Å². The molecule has 0 saturated carbocycles. The normalized spacial score (nSPS) is 11.7. The number of benzene rings is 2. The minimum Gasteiger partial charge on any atom is -0.468 e. The summed E-state index contributed by atoms with van der Waals surface area (Å²) in [6.07, 6.45) is 0. The summed E-state index contributed by atoms with van der Waals surface area (Å²) in [6, 6.07) is 16.6. The fourth-order valence-corrected chi connectivity index (χ4v) is 2.95. The molecule has 0 spiro atoms. The number of esters is 1. The number of rotatable bonds is 7. The predicted octanol–water partition coefficient (Wildman–Crippen LogP) is 1.60. The Morgan fingerprint density at radius 1 is 1.07 bits per heavy atom. The molecule has 0 bridgehead atoms. The molecular formula is C21H20N2O6. The SMILES string of the molecule is COC(=O)CNC(=O)[C@@H](CO)n1c(-c2ccccc2)c(-c2ccccc2)oc1=O. The van der Waals surface area contributed by atoms with Gasteiger partial charge in [0.25, 0.3) is 0 Å². The minimum atomic E-state index is -1.29. The Hall–Kier alpha value is -3.65. The highest BCUT2D eigenvalue weighted by Gasteiger charge is 2.29. The van der Waals surface area contributed by atoms with Gasteiger partial charge in [-0.2, -0.15) is 0 Å².